The highest BCUT2D eigenvalue weighted by molar-refractivity contribution is 7.97. The van der Waals surface area contributed by atoms with Crippen molar-refractivity contribution < 1.29 is 23.9 Å². The van der Waals surface area contributed by atoms with Crippen LogP contribution < -0.4 is 9.62 Å². The molecule has 3 amide bonds. The molecular formula is C23H31ClFN5O4S. The van der Waals surface area contributed by atoms with Crippen molar-refractivity contribution in [1.82, 2.24) is 19.4 Å². The van der Waals surface area contributed by atoms with E-state index < -0.39 is 17.3 Å². The number of likely N-dealkylation sites (N-methyl/N-ethyl adjacent to an activating group) is 1. The summed E-state index contributed by atoms with van der Waals surface area (Å²) in [6.07, 6.45) is 3.07. The standard InChI is InChI=1S/C23H31ClFN5O4S/c1-27-8-5-15(10-27)11-30(14-31)19-4-3-17(35-26-23(34)6-7-23)9-18(19)21(32)28(2)16-12-29(13-16)22(33)20(24)25/h3-4,9,14-16,20,26,34H,5-8,10-13H2,1-2H3. The Balaban J connectivity index is 1.53. The van der Waals surface area contributed by atoms with E-state index in [2.05, 4.69) is 9.62 Å². The minimum Gasteiger partial charge on any atom is -0.375 e. The molecule has 2 aliphatic heterocycles. The quantitative estimate of drug-likeness (QED) is 0.206. The van der Waals surface area contributed by atoms with Crippen LogP contribution in [0.25, 0.3) is 0 Å². The molecule has 2 N–H and O–H groups in total. The normalized spacial score (nSPS) is 22.4. The van der Waals surface area contributed by atoms with Crippen molar-refractivity contribution in [3.63, 3.8) is 0 Å². The Kier molecular flexibility index (Phi) is 7.92. The van der Waals surface area contributed by atoms with Gasteiger partial charge in [-0.25, -0.2) is 9.11 Å². The number of anilines is 1. The van der Waals surface area contributed by atoms with Gasteiger partial charge in [0.1, 0.15) is 5.72 Å². The molecule has 0 spiro atoms. The molecule has 0 radical (unpaired) electrons. The van der Waals surface area contributed by atoms with Crippen molar-refractivity contribution in [2.75, 3.05) is 51.7 Å². The fourth-order valence-electron chi connectivity index (χ4n) is 4.40. The SMILES string of the molecule is CN1CCC(CN(C=O)c2ccc(SNC3(O)CC3)cc2C(=O)N(C)C2CN(C(=O)C(F)Cl)C2)C1. The van der Waals surface area contributed by atoms with Crippen molar-refractivity contribution in [1.29, 1.82) is 0 Å². The van der Waals surface area contributed by atoms with Crippen molar-refractivity contribution in [3.8, 4) is 0 Å². The third-order valence-corrected chi connectivity index (χ3v) is 8.05. The van der Waals surface area contributed by atoms with Gasteiger partial charge in [-0.15, -0.1) is 0 Å². The Morgan fingerprint density at radius 2 is 2.09 bits per heavy atom. The van der Waals surface area contributed by atoms with Gasteiger partial charge in [0.05, 0.1) is 17.3 Å². The van der Waals surface area contributed by atoms with Gasteiger partial charge in [0.15, 0.2) is 0 Å². The van der Waals surface area contributed by atoms with Crippen molar-refractivity contribution in [2.45, 2.75) is 41.6 Å². The molecule has 3 aliphatic rings. The zero-order chi connectivity index (χ0) is 25.3. The second kappa shape index (κ2) is 10.6. The maximum atomic E-state index is 13.6. The molecule has 3 fully saturated rings. The van der Waals surface area contributed by atoms with Gasteiger partial charge in [0.25, 0.3) is 17.4 Å². The Labute approximate surface area is 213 Å². The van der Waals surface area contributed by atoms with E-state index in [1.165, 1.54) is 21.7 Å². The molecule has 1 aromatic rings. The molecule has 35 heavy (non-hydrogen) atoms. The summed E-state index contributed by atoms with van der Waals surface area (Å²) >= 11 is 6.49. The number of halogens is 2. The lowest BCUT2D eigenvalue weighted by Crippen LogP contribution is -2.62. The first-order valence-corrected chi connectivity index (χ1v) is 12.9. The molecule has 2 atom stereocenters. The summed E-state index contributed by atoms with van der Waals surface area (Å²) < 4.78 is 16.1. The van der Waals surface area contributed by atoms with E-state index in [9.17, 15) is 23.9 Å². The van der Waals surface area contributed by atoms with Gasteiger partial charge in [-0.2, -0.15) is 0 Å². The number of nitrogens with zero attached hydrogens (tertiary/aromatic N) is 4. The summed E-state index contributed by atoms with van der Waals surface area (Å²) in [6, 6.07) is 5.00. The molecule has 1 aliphatic carbocycles. The number of hydrogen-bond donors (Lipinski definition) is 2. The van der Waals surface area contributed by atoms with E-state index in [1.807, 2.05) is 13.1 Å². The number of amides is 3. The van der Waals surface area contributed by atoms with Crippen molar-refractivity contribution in [3.05, 3.63) is 23.8 Å². The Morgan fingerprint density at radius 3 is 2.66 bits per heavy atom. The number of rotatable bonds is 10. The van der Waals surface area contributed by atoms with Gasteiger partial charge < -0.3 is 24.7 Å². The maximum Gasteiger partial charge on any atom is 0.272 e. The topological polar surface area (TPSA) is 96.4 Å². The fraction of sp³-hybridized carbons (Fsp3) is 0.609. The van der Waals surface area contributed by atoms with Crippen LogP contribution in [0, 0.1) is 5.92 Å². The molecule has 2 heterocycles. The van der Waals surface area contributed by atoms with Crippen LogP contribution in [0.4, 0.5) is 10.1 Å². The summed E-state index contributed by atoms with van der Waals surface area (Å²) in [5.74, 6) is -0.801. The number of alkyl halides is 2. The van der Waals surface area contributed by atoms with E-state index in [4.69, 9.17) is 11.6 Å². The lowest BCUT2D eigenvalue weighted by atomic mass is 10.0. The molecule has 4 rings (SSSR count). The average molecular weight is 528 g/mol. The van der Waals surface area contributed by atoms with Crippen LogP contribution in [0.3, 0.4) is 0 Å². The Morgan fingerprint density at radius 1 is 1.37 bits per heavy atom. The highest BCUT2D eigenvalue weighted by atomic mass is 35.5. The number of carbonyl (C=O) groups is 3. The molecular weight excluding hydrogens is 497 g/mol. The zero-order valence-corrected chi connectivity index (χ0v) is 21.4. The second-order valence-corrected chi connectivity index (χ2v) is 11.0. The highest BCUT2D eigenvalue weighted by Crippen LogP contribution is 2.36. The van der Waals surface area contributed by atoms with Gasteiger partial charge in [-0.1, -0.05) is 11.6 Å². The summed E-state index contributed by atoms with van der Waals surface area (Å²) in [7, 11) is 3.68. The van der Waals surface area contributed by atoms with Crippen molar-refractivity contribution >= 4 is 47.5 Å². The van der Waals surface area contributed by atoms with Crippen LogP contribution in [0.2, 0.25) is 0 Å². The van der Waals surface area contributed by atoms with Crippen LogP contribution in [-0.4, -0.2) is 102 Å². The van der Waals surface area contributed by atoms with Crippen molar-refractivity contribution in [2.24, 2.45) is 5.92 Å². The predicted molar refractivity (Wildman–Crippen MR) is 132 cm³/mol. The van der Waals surface area contributed by atoms with Gasteiger partial charge >= 0.3 is 0 Å². The molecule has 2 saturated heterocycles. The Bertz CT molecular complexity index is 975. The van der Waals surface area contributed by atoms with Crippen LogP contribution in [0.5, 0.6) is 0 Å². The summed E-state index contributed by atoms with van der Waals surface area (Å²) in [5.41, 5.74) is -2.11. The molecule has 192 valence electrons. The first-order chi connectivity index (χ1) is 16.6. The number of nitrogens with one attached hydrogen (secondary N) is 1. The largest absolute Gasteiger partial charge is 0.375 e. The Hall–Kier alpha value is -1.92. The van der Waals surface area contributed by atoms with Crippen LogP contribution >= 0.6 is 23.5 Å². The molecule has 9 nitrogen and oxygen atoms in total. The van der Waals surface area contributed by atoms with Gasteiger partial charge in [0, 0.05) is 38.1 Å². The average Bonchev–Trinajstić information content (AvgIpc) is 3.40. The smallest absolute Gasteiger partial charge is 0.272 e. The van der Waals surface area contributed by atoms with E-state index in [-0.39, 0.29) is 25.0 Å². The van der Waals surface area contributed by atoms with Gasteiger partial charge in [0.2, 0.25) is 6.41 Å². The number of hydrogen-bond acceptors (Lipinski definition) is 7. The minimum absolute atomic E-state index is 0.193. The van der Waals surface area contributed by atoms with Crippen LogP contribution in [-0.2, 0) is 9.59 Å². The summed E-state index contributed by atoms with van der Waals surface area (Å²) in [6.45, 7) is 2.74. The molecule has 0 bridgehead atoms. The number of benzene rings is 1. The third-order valence-electron chi connectivity index (χ3n) is 6.89. The predicted octanol–water partition coefficient (Wildman–Crippen LogP) is 1.50. The molecule has 2 unspecified atom stereocenters. The summed E-state index contributed by atoms with van der Waals surface area (Å²) in [4.78, 5) is 44.7. The van der Waals surface area contributed by atoms with Crippen LogP contribution in [0.1, 0.15) is 29.6 Å². The summed E-state index contributed by atoms with van der Waals surface area (Å²) in [5, 5.41) is 10.1. The van der Waals surface area contributed by atoms with Gasteiger partial charge in [-0.3, -0.25) is 14.4 Å². The number of likely N-dealkylation sites (tertiary alicyclic amines) is 2. The fourth-order valence-corrected chi connectivity index (χ4v) is 5.36. The molecule has 1 saturated carbocycles. The highest BCUT2D eigenvalue weighted by Gasteiger charge is 2.41. The number of aliphatic hydroxyl groups is 1. The molecule has 1 aromatic carbocycles. The minimum atomic E-state index is -2.10. The maximum absolute atomic E-state index is 13.6. The zero-order valence-electron chi connectivity index (χ0n) is 19.8. The molecule has 12 heteroatoms. The third kappa shape index (κ3) is 6.08. The van der Waals surface area contributed by atoms with Crippen LogP contribution in [0.15, 0.2) is 23.1 Å². The second-order valence-electron chi connectivity index (χ2n) is 9.70. The van der Waals surface area contributed by atoms with E-state index in [1.54, 1.807) is 24.1 Å². The molecule has 0 aromatic heterocycles. The number of carbonyl (C=O) groups excluding carboxylic acids is 3. The monoisotopic (exact) mass is 527 g/mol. The first kappa shape index (κ1) is 26.2. The lowest BCUT2D eigenvalue weighted by molar-refractivity contribution is -0.140. The van der Waals surface area contributed by atoms with E-state index in [0.717, 1.165) is 30.8 Å². The van der Waals surface area contributed by atoms with Gasteiger partial charge in [-0.05, 0) is 68.9 Å². The van der Waals surface area contributed by atoms with E-state index >= 15 is 0 Å². The van der Waals surface area contributed by atoms with E-state index in [0.29, 0.717) is 36.6 Å². The first-order valence-electron chi connectivity index (χ1n) is 11.7. The lowest BCUT2D eigenvalue weighted by Gasteiger charge is -2.44.